The average molecular weight is 423 g/mol. The van der Waals surface area contributed by atoms with Gasteiger partial charge in [0, 0.05) is 26.3 Å². The number of rotatable bonds is 6. The summed E-state index contributed by atoms with van der Waals surface area (Å²) in [7, 11) is 3.91. The van der Waals surface area contributed by atoms with Crippen LogP contribution in [0.25, 0.3) is 6.08 Å². The van der Waals surface area contributed by atoms with Gasteiger partial charge >= 0.3 is 5.97 Å². The Balaban J connectivity index is 1.98. The molecule has 7 nitrogen and oxygen atoms in total. The molecule has 1 heterocycles. The number of carbonyl (C=O) groups is 2. The van der Waals surface area contributed by atoms with E-state index in [2.05, 4.69) is 11.6 Å². The lowest BCUT2D eigenvalue weighted by molar-refractivity contribution is -0.121. The molecule has 1 aliphatic rings. The minimum atomic E-state index is -1.22. The maximum Gasteiger partial charge on any atom is 0.338 e. The van der Waals surface area contributed by atoms with Crippen LogP contribution in [0.5, 0.6) is 5.75 Å². The number of aromatic carboxylic acids is 1. The standard InChI is InChI=1S/C22H21N3O4S/c1-4-11-25-20(27)19(12-14-5-7-15(8-6-14)24(2)3)30-22(25)23-18-10-9-16(26)13-17(18)21(28)29/h4-10,12-13,26H,1,11H2,2-3H3,(H,28,29)/b19-12-,23-22?. The fourth-order valence-corrected chi connectivity index (χ4v) is 3.80. The number of benzene rings is 2. The summed E-state index contributed by atoms with van der Waals surface area (Å²) in [5.74, 6) is -1.62. The third-order valence-corrected chi connectivity index (χ3v) is 5.34. The average Bonchev–Trinajstić information content (AvgIpc) is 2.98. The van der Waals surface area contributed by atoms with Crippen molar-refractivity contribution in [3.8, 4) is 5.75 Å². The van der Waals surface area contributed by atoms with Gasteiger partial charge in [0.25, 0.3) is 5.91 Å². The predicted molar refractivity (Wildman–Crippen MR) is 120 cm³/mol. The highest BCUT2D eigenvalue weighted by Crippen LogP contribution is 2.35. The molecule has 2 aromatic rings. The van der Waals surface area contributed by atoms with E-state index in [1.165, 1.54) is 28.8 Å². The number of phenolic OH excluding ortho intramolecular Hbond substituents is 1. The molecule has 1 saturated heterocycles. The first kappa shape index (κ1) is 21.2. The number of aromatic hydroxyl groups is 1. The molecule has 0 aromatic heterocycles. The Bertz CT molecular complexity index is 1060. The highest BCUT2D eigenvalue weighted by molar-refractivity contribution is 8.18. The van der Waals surface area contributed by atoms with Crippen LogP contribution in [0, 0.1) is 0 Å². The van der Waals surface area contributed by atoms with Gasteiger partial charge in [0.2, 0.25) is 0 Å². The predicted octanol–water partition coefficient (Wildman–Crippen LogP) is 3.95. The van der Waals surface area contributed by atoms with Crippen molar-refractivity contribution < 1.29 is 19.8 Å². The van der Waals surface area contributed by atoms with Crippen LogP contribution in [0.2, 0.25) is 0 Å². The van der Waals surface area contributed by atoms with Crippen molar-refractivity contribution >= 4 is 46.3 Å². The van der Waals surface area contributed by atoms with Gasteiger partial charge in [-0.2, -0.15) is 0 Å². The Morgan fingerprint density at radius 1 is 1.23 bits per heavy atom. The van der Waals surface area contributed by atoms with E-state index in [4.69, 9.17) is 0 Å². The van der Waals surface area contributed by atoms with Gasteiger partial charge < -0.3 is 15.1 Å². The van der Waals surface area contributed by atoms with Crippen molar-refractivity contribution in [2.45, 2.75) is 0 Å². The van der Waals surface area contributed by atoms with Crippen molar-refractivity contribution in [3.05, 3.63) is 71.2 Å². The topological polar surface area (TPSA) is 93.4 Å². The van der Waals surface area contributed by atoms with Gasteiger partial charge in [0.1, 0.15) is 5.75 Å². The number of hydrogen-bond acceptors (Lipinski definition) is 6. The van der Waals surface area contributed by atoms with Crippen molar-refractivity contribution in [2.24, 2.45) is 4.99 Å². The fourth-order valence-electron chi connectivity index (χ4n) is 2.80. The van der Waals surface area contributed by atoms with E-state index in [1.54, 1.807) is 12.2 Å². The van der Waals surface area contributed by atoms with E-state index >= 15 is 0 Å². The molecule has 0 unspecified atom stereocenters. The lowest BCUT2D eigenvalue weighted by Crippen LogP contribution is -2.29. The summed E-state index contributed by atoms with van der Waals surface area (Å²) < 4.78 is 0. The van der Waals surface area contributed by atoms with Crippen LogP contribution in [0.1, 0.15) is 15.9 Å². The molecule has 0 saturated carbocycles. The molecule has 1 amide bonds. The molecule has 0 aliphatic carbocycles. The number of phenols is 1. The second kappa shape index (κ2) is 8.87. The van der Waals surface area contributed by atoms with Crippen LogP contribution < -0.4 is 4.90 Å². The number of carboxylic acid groups (broad SMARTS) is 1. The SMILES string of the molecule is C=CCN1C(=O)/C(=C/c2ccc(N(C)C)cc2)SC1=Nc1ccc(O)cc1C(=O)O. The van der Waals surface area contributed by atoms with E-state index < -0.39 is 5.97 Å². The summed E-state index contributed by atoms with van der Waals surface area (Å²) in [5.41, 5.74) is 1.92. The summed E-state index contributed by atoms with van der Waals surface area (Å²) in [5, 5.41) is 19.3. The van der Waals surface area contributed by atoms with Crippen LogP contribution >= 0.6 is 11.8 Å². The summed E-state index contributed by atoms with van der Waals surface area (Å²) >= 11 is 1.17. The Hall–Kier alpha value is -3.52. The van der Waals surface area contributed by atoms with Crippen LogP contribution in [-0.2, 0) is 4.79 Å². The Morgan fingerprint density at radius 3 is 2.53 bits per heavy atom. The molecular formula is C22H21N3O4S. The van der Waals surface area contributed by atoms with Gasteiger partial charge in [-0.05, 0) is 53.7 Å². The van der Waals surface area contributed by atoms with E-state index in [-0.39, 0.29) is 29.5 Å². The van der Waals surface area contributed by atoms with E-state index in [9.17, 15) is 19.8 Å². The van der Waals surface area contributed by atoms with Crippen LogP contribution in [0.3, 0.4) is 0 Å². The van der Waals surface area contributed by atoms with Gasteiger partial charge in [-0.15, -0.1) is 6.58 Å². The van der Waals surface area contributed by atoms with Crippen molar-refractivity contribution in [1.29, 1.82) is 0 Å². The zero-order valence-corrected chi connectivity index (χ0v) is 17.4. The normalized spacial score (nSPS) is 16.3. The minimum absolute atomic E-state index is 0.147. The number of carboxylic acids is 1. The largest absolute Gasteiger partial charge is 0.508 e. The summed E-state index contributed by atoms with van der Waals surface area (Å²) in [6.07, 6.45) is 3.36. The molecule has 1 aliphatic heterocycles. The monoisotopic (exact) mass is 423 g/mol. The number of hydrogen-bond donors (Lipinski definition) is 2. The third-order valence-electron chi connectivity index (χ3n) is 4.33. The van der Waals surface area contributed by atoms with Gasteiger partial charge in [0.15, 0.2) is 5.17 Å². The first-order chi connectivity index (χ1) is 14.3. The van der Waals surface area contributed by atoms with Crippen molar-refractivity contribution in [1.82, 2.24) is 4.90 Å². The minimum Gasteiger partial charge on any atom is -0.508 e. The zero-order valence-electron chi connectivity index (χ0n) is 16.6. The maximum absolute atomic E-state index is 12.9. The smallest absolute Gasteiger partial charge is 0.338 e. The second-order valence-corrected chi connectivity index (χ2v) is 7.71. The number of thioether (sulfide) groups is 1. The van der Waals surface area contributed by atoms with E-state index in [1.807, 2.05) is 43.3 Å². The Kier molecular flexibility index (Phi) is 6.27. The quantitative estimate of drug-likeness (QED) is 0.540. The number of aliphatic imine (C=N–C) groups is 1. The van der Waals surface area contributed by atoms with Crippen molar-refractivity contribution in [2.75, 3.05) is 25.5 Å². The summed E-state index contributed by atoms with van der Waals surface area (Å²) in [6.45, 7) is 3.92. The van der Waals surface area contributed by atoms with Gasteiger partial charge in [0.05, 0.1) is 16.2 Å². The molecule has 0 radical (unpaired) electrons. The first-order valence-electron chi connectivity index (χ1n) is 9.05. The van der Waals surface area contributed by atoms with Crippen LogP contribution in [0.15, 0.2) is 65.0 Å². The second-order valence-electron chi connectivity index (χ2n) is 6.70. The van der Waals surface area contributed by atoms with Crippen LogP contribution in [0.4, 0.5) is 11.4 Å². The lowest BCUT2D eigenvalue weighted by Gasteiger charge is -2.13. The molecule has 0 spiro atoms. The molecule has 3 rings (SSSR count). The van der Waals surface area contributed by atoms with E-state index in [0.29, 0.717) is 10.1 Å². The third kappa shape index (κ3) is 4.55. The molecule has 154 valence electrons. The molecule has 0 bridgehead atoms. The van der Waals surface area contributed by atoms with Gasteiger partial charge in [-0.3, -0.25) is 9.69 Å². The summed E-state index contributed by atoms with van der Waals surface area (Å²) in [4.78, 5) is 32.7. The lowest BCUT2D eigenvalue weighted by atomic mass is 10.1. The van der Waals surface area contributed by atoms with Crippen LogP contribution in [-0.4, -0.2) is 52.8 Å². The number of amides is 1. The molecule has 1 fully saturated rings. The molecule has 2 aromatic carbocycles. The Morgan fingerprint density at radius 2 is 1.93 bits per heavy atom. The zero-order chi connectivity index (χ0) is 21.8. The molecule has 2 N–H and O–H groups in total. The number of nitrogens with zero attached hydrogens (tertiary/aromatic N) is 3. The molecular weight excluding hydrogens is 402 g/mol. The maximum atomic E-state index is 12.9. The van der Waals surface area contributed by atoms with Gasteiger partial charge in [-0.25, -0.2) is 9.79 Å². The fraction of sp³-hybridized carbons (Fsp3) is 0.136. The number of anilines is 1. The molecule has 8 heteroatoms. The number of amidine groups is 1. The highest BCUT2D eigenvalue weighted by atomic mass is 32.2. The van der Waals surface area contributed by atoms with E-state index in [0.717, 1.165) is 17.3 Å². The summed E-state index contributed by atoms with van der Waals surface area (Å²) in [6, 6.07) is 11.7. The molecule has 30 heavy (non-hydrogen) atoms. The first-order valence-corrected chi connectivity index (χ1v) is 9.86. The van der Waals surface area contributed by atoms with Gasteiger partial charge in [-0.1, -0.05) is 18.2 Å². The molecule has 0 atom stereocenters. The number of carbonyl (C=O) groups excluding carboxylic acids is 1. The Labute approximate surface area is 178 Å². The van der Waals surface area contributed by atoms with Crippen molar-refractivity contribution in [3.63, 3.8) is 0 Å². The highest BCUT2D eigenvalue weighted by Gasteiger charge is 2.33.